The summed E-state index contributed by atoms with van der Waals surface area (Å²) < 4.78 is 12.7. The van der Waals surface area contributed by atoms with Crippen LogP contribution in [0.4, 0.5) is 4.39 Å². The van der Waals surface area contributed by atoms with E-state index in [1.165, 1.54) is 12.1 Å². The molecule has 0 saturated carbocycles. The van der Waals surface area contributed by atoms with E-state index in [4.69, 9.17) is 0 Å². The number of pyridine rings is 1. The number of hydrogen-bond donors (Lipinski definition) is 0. The molecule has 0 aliphatic carbocycles. The van der Waals surface area contributed by atoms with E-state index in [1.54, 1.807) is 0 Å². The highest BCUT2D eigenvalue weighted by Gasteiger charge is 2.20. The third kappa shape index (κ3) is 3.53. The van der Waals surface area contributed by atoms with Crippen LogP contribution >= 0.6 is 11.8 Å². The van der Waals surface area contributed by atoms with Gasteiger partial charge in [0.2, 0.25) is 0 Å². The van der Waals surface area contributed by atoms with Crippen molar-refractivity contribution in [1.29, 1.82) is 0 Å². The van der Waals surface area contributed by atoms with Crippen molar-refractivity contribution in [2.24, 2.45) is 5.92 Å². The van der Waals surface area contributed by atoms with Gasteiger partial charge in [0, 0.05) is 37.1 Å². The number of carbonyl (C=O) groups excluding carboxylic acids is 1. The number of rotatable bonds is 4. The predicted molar refractivity (Wildman–Crippen MR) is 71.5 cm³/mol. The standard InChI is InChI=1S/C13H17FN2OS/c1-10(9-16-4-6-18-7-5-16)13(17)12-3-2-11(14)8-15-12/h2-3,8,10H,4-7,9H2,1H3. The zero-order chi connectivity index (χ0) is 13.0. The molecule has 0 spiro atoms. The number of ketones is 1. The van der Waals surface area contributed by atoms with Crippen molar-refractivity contribution in [2.45, 2.75) is 6.92 Å². The molecule has 2 rings (SSSR count). The monoisotopic (exact) mass is 268 g/mol. The number of hydrogen-bond acceptors (Lipinski definition) is 4. The molecule has 18 heavy (non-hydrogen) atoms. The number of thioether (sulfide) groups is 1. The molecular weight excluding hydrogens is 251 g/mol. The SMILES string of the molecule is CC(CN1CCSCC1)C(=O)c1ccc(F)cn1. The van der Waals surface area contributed by atoms with E-state index in [1.807, 2.05) is 18.7 Å². The lowest BCUT2D eigenvalue weighted by molar-refractivity contribution is 0.0893. The highest BCUT2D eigenvalue weighted by atomic mass is 32.2. The smallest absolute Gasteiger partial charge is 0.185 e. The Kier molecular flexibility index (Phi) is 4.72. The zero-order valence-electron chi connectivity index (χ0n) is 10.4. The molecule has 1 fully saturated rings. The molecule has 0 aromatic carbocycles. The van der Waals surface area contributed by atoms with Gasteiger partial charge in [0.15, 0.2) is 5.78 Å². The van der Waals surface area contributed by atoms with Gasteiger partial charge in [-0.25, -0.2) is 4.39 Å². The van der Waals surface area contributed by atoms with Crippen LogP contribution in [-0.4, -0.2) is 46.8 Å². The minimum absolute atomic E-state index is 0.00627. The van der Waals surface area contributed by atoms with Crippen LogP contribution in [0.5, 0.6) is 0 Å². The van der Waals surface area contributed by atoms with Crippen LogP contribution in [0.25, 0.3) is 0 Å². The van der Waals surface area contributed by atoms with Gasteiger partial charge in [-0.3, -0.25) is 9.78 Å². The number of Topliss-reactive ketones (excluding diaryl/α,β-unsaturated/α-hetero) is 1. The highest BCUT2D eigenvalue weighted by Crippen LogP contribution is 2.13. The van der Waals surface area contributed by atoms with Crippen LogP contribution in [0.3, 0.4) is 0 Å². The van der Waals surface area contributed by atoms with Crippen LogP contribution in [0, 0.1) is 11.7 Å². The van der Waals surface area contributed by atoms with Crippen molar-refractivity contribution in [3.05, 3.63) is 29.8 Å². The third-order valence-corrected chi connectivity index (χ3v) is 4.01. The van der Waals surface area contributed by atoms with Gasteiger partial charge >= 0.3 is 0 Å². The van der Waals surface area contributed by atoms with Crippen molar-refractivity contribution >= 4 is 17.5 Å². The molecule has 1 saturated heterocycles. The third-order valence-electron chi connectivity index (χ3n) is 3.06. The Morgan fingerprint density at radius 3 is 2.83 bits per heavy atom. The molecule has 1 aliphatic heterocycles. The topological polar surface area (TPSA) is 33.2 Å². The summed E-state index contributed by atoms with van der Waals surface area (Å²) in [4.78, 5) is 18.3. The van der Waals surface area contributed by atoms with Crippen molar-refractivity contribution in [2.75, 3.05) is 31.1 Å². The summed E-state index contributed by atoms with van der Waals surface area (Å²) >= 11 is 1.95. The summed E-state index contributed by atoms with van der Waals surface area (Å²) in [6.07, 6.45) is 1.09. The number of nitrogens with zero attached hydrogens (tertiary/aromatic N) is 2. The number of aromatic nitrogens is 1. The van der Waals surface area contributed by atoms with Gasteiger partial charge in [0.25, 0.3) is 0 Å². The van der Waals surface area contributed by atoms with Crippen LogP contribution in [0.1, 0.15) is 17.4 Å². The summed E-state index contributed by atoms with van der Waals surface area (Å²) in [5, 5.41) is 0. The molecular formula is C13H17FN2OS. The normalized spacial score (nSPS) is 18.6. The molecule has 0 amide bonds. The second kappa shape index (κ2) is 6.29. The van der Waals surface area contributed by atoms with E-state index in [0.717, 1.165) is 37.3 Å². The van der Waals surface area contributed by atoms with Gasteiger partial charge < -0.3 is 4.90 Å². The fraction of sp³-hybridized carbons (Fsp3) is 0.538. The van der Waals surface area contributed by atoms with E-state index in [9.17, 15) is 9.18 Å². The maximum absolute atomic E-state index is 12.7. The van der Waals surface area contributed by atoms with Gasteiger partial charge in [-0.2, -0.15) is 11.8 Å². The van der Waals surface area contributed by atoms with E-state index in [2.05, 4.69) is 9.88 Å². The van der Waals surface area contributed by atoms with E-state index in [0.29, 0.717) is 5.69 Å². The Labute approximate surface area is 111 Å². The van der Waals surface area contributed by atoms with Crippen LogP contribution in [0.15, 0.2) is 18.3 Å². The Balaban J connectivity index is 1.93. The Bertz CT molecular complexity index is 404. The van der Waals surface area contributed by atoms with Gasteiger partial charge in [0.05, 0.1) is 6.20 Å². The van der Waals surface area contributed by atoms with E-state index < -0.39 is 5.82 Å². The Morgan fingerprint density at radius 1 is 1.50 bits per heavy atom. The largest absolute Gasteiger partial charge is 0.301 e. The molecule has 1 atom stereocenters. The van der Waals surface area contributed by atoms with Crippen molar-refractivity contribution in [3.63, 3.8) is 0 Å². The molecule has 0 N–H and O–H groups in total. The molecule has 5 heteroatoms. The minimum Gasteiger partial charge on any atom is -0.301 e. The molecule has 3 nitrogen and oxygen atoms in total. The predicted octanol–water partition coefficient (Wildman–Crippen LogP) is 2.09. The molecule has 1 aliphatic rings. The Hall–Kier alpha value is -0.940. The first-order valence-corrected chi connectivity index (χ1v) is 7.28. The summed E-state index contributed by atoms with van der Waals surface area (Å²) in [6, 6.07) is 2.74. The first-order chi connectivity index (χ1) is 8.66. The summed E-state index contributed by atoms with van der Waals surface area (Å²) in [7, 11) is 0. The molecule has 0 radical (unpaired) electrons. The fourth-order valence-electron chi connectivity index (χ4n) is 2.03. The number of halogens is 1. The van der Waals surface area contributed by atoms with Gasteiger partial charge in [0.1, 0.15) is 11.5 Å². The van der Waals surface area contributed by atoms with Crippen molar-refractivity contribution in [1.82, 2.24) is 9.88 Å². The average Bonchev–Trinajstić information content (AvgIpc) is 2.40. The maximum atomic E-state index is 12.7. The molecule has 98 valence electrons. The number of carbonyl (C=O) groups is 1. The molecule has 1 aromatic rings. The summed E-state index contributed by atoms with van der Waals surface area (Å²) in [5.74, 6) is 1.76. The first kappa shape index (κ1) is 13.5. The van der Waals surface area contributed by atoms with E-state index in [-0.39, 0.29) is 11.7 Å². The second-order valence-corrected chi connectivity index (χ2v) is 5.76. The minimum atomic E-state index is -0.410. The zero-order valence-corrected chi connectivity index (χ0v) is 11.3. The molecule has 1 aromatic heterocycles. The van der Waals surface area contributed by atoms with Gasteiger partial charge in [-0.15, -0.1) is 0 Å². The molecule has 0 bridgehead atoms. The van der Waals surface area contributed by atoms with Gasteiger partial charge in [-0.1, -0.05) is 6.92 Å². The van der Waals surface area contributed by atoms with Crippen LogP contribution in [0.2, 0.25) is 0 Å². The summed E-state index contributed by atoms with van der Waals surface area (Å²) in [5.41, 5.74) is 0.357. The Morgan fingerprint density at radius 2 is 2.22 bits per heavy atom. The quantitative estimate of drug-likeness (QED) is 0.783. The average molecular weight is 268 g/mol. The van der Waals surface area contributed by atoms with Crippen LogP contribution < -0.4 is 0 Å². The summed E-state index contributed by atoms with van der Waals surface area (Å²) in [6.45, 7) is 4.76. The first-order valence-electron chi connectivity index (χ1n) is 6.12. The lowest BCUT2D eigenvalue weighted by atomic mass is 10.0. The van der Waals surface area contributed by atoms with Gasteiger partial charge in [-0.05, 0) is 12.1 Å². The molecule has 1 unspecified atom stereocenters. The van der Waals surface area contributed by atoms with E-state index >= 15 is 0 Å². The maximum Gasteiger partial charge on any atom is 0.185 e. The fourth-order valence-corrected chi connectivity index (χ4v) is 3.01. The second-order valence-electron chi connectivity index (χ2n) is 4.54. The lowest BCUT2D eigenvalue weighted by Gasteiger charge is -2.28. The lowest BCUT2D eigenvalue weighted by Crippen LogP contribution is -2.37. The van der Waals surface area contributed by atoms with Crippen molar-refractivity contribution in [3.8, 4) is 0 Å². The highest BCUT2D eigenvalue weighted by molar-refractivity contribution is 7.99. The van der Waals surface area contributed by atoms with Crippen LogP contribution in [-0.2, 0) is 0 Å². The van der Waals surface area contributed by atoms with Crippen molar-refractivity contribution < 1.29 is 9.18 Å². The molecule has 2 heterocycles.